The molecule has 0 amide bonds. The first kappa shape index (κ1) is 11.8. The third-order valence-electron chi connectivity index (χ3n) is 3.46. The monoisotopic (exact) mass is 274 g/mol. The van der Waals surface area contributed by atoms with E-state index in [2.05, 4.69) is 9.97 Å². The third kappa shape index (κ3) is 1.89. The Morgan fingerprint density at radius 3 is 2.52 bits per heavy atom. The van der Waals surface area contributed by atoms with Gasteiger partial charge in [0.15, 0.2) is 0 Å². The number of fused-ring (bicyclic) bond motifs is 2. The van der Waals surface area contributed by atoms with Crippen molar-refractivity contribution >= 4 is 21.9 Å². The van der Waals surface area contributed by atoms with E-state index < -0.39 is 0 Å². The summed E-state index contributed by atoms with van der Waals surface area (Å²) in [5, 5.41) is 1.05. The van der Waals surface area contributed by atoms with Crippen molar-refractivity contribution in [1.29, 1.82) is 0 Å². The van der Waals surface area contributed by atoms with Crippen LogP contribution < -0.4 is 5.43 Å². The zero-order chi connectivity index (χ0) is 14.2. The van der Waals surface area contributed by atoms with E-state index in [1.807, 2.05) is 30.3 Å². The first-order valence-corrected chi connectivity index (χ1v) is 6.54. The first-order chi connectivity index (χ1) is 10.3. The molecule has 4 rings (SSSR count). The second-order valence-corrected chi connectivity index (χ2v) is 4.76. The van der Waals surface area contributed by atoms with Crippen LogP contribution in [-0.2, 0) is 0 Å². The number of nitrogens with zero attached hydrogens (tertiary/aromatic N) is 2. The largest absolute Gasteiger partial charge is 0.456 e. The summed E-state index contributed by atoms with van der Waals surface area (Å²) < 4.78 is 5.76. The van der Waals surface area contributed by atoms with E-state index in [0.29, 0.717) is 21.9 Å². The van der Waals surface area contributed by atoms with Gasteiger partial charge in [-0.05, 0) is 29.8 Å². The van der Waals surface area contributed by atoms with Crippen molar-refractivity contribution in [2.75, 3.05) is 0 Å². The predicted molar refractivity (Wildman–Crippen MR) is 81.0 cm³/mol. The number of benzene rings is 1. The molecule has 1 aromatic carbocycles. The third-order valence-corrected chi connectivity index (χ3v) is 3.46. The molecule has 0 aliphatic heterocycles. The second kappa shape index (κ2) is 4.52. The van der Waals surface area contributed by atoms with Crippen LogP contribution in [0.4, 0.5) is 0 Å². The van der Waals surface area contributed by atoms with Crippen LogP contribution in [0.15, 0.2) is 70.4 Å². The maximum Gasteiger partial charge on any atom is 0.202 e. The first-order valence-electron chi connectivity index (χ1n) is 6.54. The van der Waals surface area contributed by atoms with Crippen LogP contribution in [0, 0.1) is 0 Å². The van der Waals surface area contributed by atoms with Gasteiger partial charge in [0.25, 0.3) is 0 Å². The average Bonchev–Trinajstić information content (AvgIpc) is 2.56. The van der Waals surface area contributed by atoms with Crippen molar-refractivity contribution < 1.29 is 4.42 Å². The van der Waals surface area contributed by atoms with E-state index in [4.69, 9.17) is 4.42 Å². The molecule has 4 aromatic rings. The Kier molecular flexibility index (Phi) is 2.54. The summed E-state index contributed by atoms with van der Waals surface area (Å²) in [7, 11) is 0. The van der Waals surface area contributed by atoms with Gasteiger partial charge in [-0.3, -0.25) is 14.8 Å². The summed E-state index contributed by atoms with van der Waals surface area (Å²) in [5.74, 6) is 0. The number of rotatable bonds is 1. The molecule has 3 heterocycles. The Morgan fingerprint density at radius 1 is 0.810 bits per heavy atom. The fourth-order valence-electron chi connectivity index (χ4n) is 2.41. The molecular weight excluding hydrogens is 264 g/mol. The molecule has 0 radical (unpaired) electrons. The Morgan fingerprint density at radius 2 is 1.67 bits per heavy atom. The van der Waals surface area contributed by atoms with Crippen LogP contribution in [0.25, 0.3) is 33.1 Å². The van der Waals surface area contributed by atoms with Gasteiger partial charge < -0.3 is 4.42 Å². The molecule has 3 aromatic heterocycles. The average molecular weight is 274 g/mol. The Labute approximate surface area is 119 Å². The van der Waals surface area contributed by atoms with E-state index in [0.717, 1.165) is 11.1 Å². The highest BCUT2D eigenvalue weighted by Crippen LogP contribution is 2.24. The maximum absolute atomic E-state index is 12.6. The zero-order valence-corrected chi connectivity index (χ0v) is 11.0. The lowest BCUT2D eigenvalue weighted by Gasteiger charge is -2.04. The van der Waals surface area contributed by atoms with Gasteiger partial charge in [0.2, 0.25) is 5.43 Å². The van der Waals surface area contributed by atoms with Gasteiger partial charge in [-0.1, -0.05) is 12.1 Å². The van der Waals surface area contributed by atoms with Crippen LogP contribution in [0.2, 0.25) is 0 Å². The molecule has 4 heteroatoms. The van der Waals surface area contributed by atoms with E-state index >= 15 is 0 Å². The Balaban J connectivity index is 2.06. The number of hydrogen-bond donors (Lipinski definition) is 0. The quantitative estimate of drug-likeness (QED) is 0.499. The summed E-state index contributed by atoms with van der Waals surface area (Å²) in [6.07, 6.45) is 6.64. The summed E-state index contributed by atoms with van der Waals surface area (Å²) in [6, 6.07) is 11.1. The lowest BCUT2D eigenvalue weighted by atomic mass is 10.0. The molecule has 0 atom stereocenters. The summed E-state index contributed by atoms with van der Waals surface area (Å²) in [5.41, 5.74) is 2.96. The highest BCUT2D eigenvalue weighted by Gasteiger charge is 2.09. The molecule has 100 valence electrons. The van der Waals surface area contributed by atoms with Gasteiger partial charge in [-0.25, -0.2) is 0 Å². The van der Waals surface area contributed by atoms with Crippen molar-refractivity contribution in [3.05, 3.63) is 71.4 Å². The molecule has 0 N–H and O–H groups in total. The minimum absolute atomic E-state index is 0.0647. The van der Waals surface area contributed by atoms with Gasteiger partial charge in [-0.2, -0.15) is 0 Å². The van der Waals surface area contributed by atoms with E-state index in [1.54, 1.807) is 24.7 Å². The number of hydrogen-bond acceptors (Lipinski definition) is 4. The molecule has 0 fully saturated rings. The van der Waals surface area contributed by atoms with E-state index in [9.17, 15) is 4.79 Å². The van der Waals surface area contributed by atoms with Crippen molar-refractivity contribution in [3.8, 4) is 11.1 Å². The molecule has 0 unspecified atom stereocenters. The smallest absolute Gasteiger partial charge is 0.202 e. The lowest BCUT2D eigenvalue weighted by Crippen LogP contribution is -2.02. The predicted octanol–water partition coefficient (Wildman–Crippen LogP) is 3.40. The van der Waals surface area contributed by atoms with Crippen LogP contribution in [0.5, 0.6) is 0 Å². The molecule has 0 spiro atoms. The van der Waals surface area contributed by atoms with Crippen LogP contribution >= 0.6 is 0 Å². The van der Waals surface area contributed by atoms with E-state index in [1.165, 1.54) is 6.20 Å². The minimum atomic E-state index is -0.0647. The second-order valence-electron chi connectivity index (χ2n) is 4.76. The van der Waals surface area contributed by atoms with Gasteiger partial charge in [0.1, 0.15) is 11.2 Å². The Hall–Kier alpha value is -3.01. The molecule has 0 aliphatic rings. The molecule has 0 aliphatic carbocycles. The molecule has 0 saturated carbocycles. The van der Waals surface area contributed by atoms with Crippen molar-refractivity contribution in [3.63, 3.8) is 0 Å². The van der Waals surface area contributed by atoms with Crippen LogP contribution in [0.3, 0.4) is 0 Å². The fraction of sp³-hybridized carbons (Fsp3) is 0. The number of aromatic nitrogens is 2. The molecule has 21 heavy (non-hydrogen) atoms. The normalized spacial score (nSPS) is 11.0. The van der Waals surface area contributed by atoms with Crippen LogP contribution in [0.1, 0.15) is 0 Å². The molecule has 0 saturated heterocycles. The van der Waals surface area contributed by atoms with Gasteiger partial charge in [0, 0.05) is 30.4 Å². The van der Waals surface area contributed by atoms with E-state index in [-0.39, 0.29) is 5.43 Å². The van der Waals surface area contributed by atoms with Gasteiger partial charge in [-0.15, -0.1) is 0 Å². The fourth-order valence-corrected chi connectivity index (χ4v) is 2.41. The zero-order valence-electron chi connectivity index (χ0n) is 11.0. The minimum Gasteiger partial charge on any atom is -0.456 e. The summed E-state index contributed by atoms with van der Waals surface area (Å²) in [6.45, 7) is 0. The standard InChI is InChI=1S/C17H10N2O2/c20-17-13-8-11(12-2-1-6-18-9-12)3-4-15(13)21-16-5-7-19-10-14(16)17/h1-10H. The van der Waals surface area contributed by atoms with Crippen molar-refractivity contribution in [2.45, 2.75) is 0 Å². The topological polar surface area (TPSA) is 56.0 Å². The van der Waals surface area contributed by atoms with Crippen molar-refractivity contribution in [2.24, 2.45) is 0 Å². The highest BCUT2D eigenvalue weighted by molar-refractivity contribution is 5.91. The van der Waals surface area contributed by atoms with Gasteiger partial charge >= 0.3 is 0 Å². The summed E-state index contributed by atoms with van der Waals surface area (Å²) >= 11 is 0. The Bertz CT molecular complexity index is 1010. The molecule has 4 nitrogen and oxygen atoms in total. The van der Waals surface area contributed by atoms with Crippen LogP contribution in [-0.4, -0.2) is 9.97 Å². The highest BCUT2D eigenvalue weighted by atomic mass is 16.3. The molecule has 0 bridgehead atoms. The maximum atomic E-state index is 12.6. The van der Waals surface area contributed by atoms with Crippen molar-refractivity contribution in [1.82, 2.24) is 9.97 Å². The molecular formula is C17H10N2O2. The lowest BCUT2D eigenvalue weighted by molar-refractivity contribution is 0.659. The summed E-state index contributed by atoms with van der Waals surface area (Å²) in [4.78, 5) is 20.6. The number of pyridine rings is 2. The SMILES string of the molecule is O=c1c2cnccc2oc2ccc(-c3cccnc3)cc12. The van der Waals surface area contributed by atoms with Gasteiger partial charge in [0.05, 0.1) is 10.8 Å².